The Balaban J connectivity index is 1.10. The largest absolute Gasteiger partial charge is 0.491 e. The van der Waals surface area contributed by atoms with Gasteiger partial charge in [-0.2, -0.15) is 0 Å². The molecule has 0 unspecified atom stereocenters. The number of aromatic nitrogens is 2. The minimum Gasteiger partial charge on any atom is -0.491 e. The van der Waals surface area contributed by atoms with E-state index in [1.54, 1.807) is 24.7 Å². The fraction of sp³-hybridized carbons (Fsp3) is 0.467. The van der Waals surface area contributed by atoms with Crippen molar-refractivity contribution in [2.24, 2.45) is 0 Å². The number of amides is 2. The lowest BCUT2D eigenvalue weighted by Gasteiger charge is -2.36. The SMILES string of the molecule is CCCNC(=O)NCCN1CCN(c2ccc(OC[C@@H]3CO[C@@](Cn4ccnc4)(c4ccc(Cl)cc4Cl)O3)cc2)CC1. The maximum atomic E-state index is 11.7. The van der Waals surface area contributed by atoms with Crippen molar-refractivity contribution < 1.29 is 19.0 Å². The molecule has 0 saturated carbocycles. The Hall–Kier alpha value is -3.02. The van der Waals surface area contributed by atoms with Gasteiger partial charge >= 0.3 is 6.03 Å². The van der Waals surface area contributed by atoms with Crippen molar-refractivity contribution in [1.29, 1.82) is 0 Å². The molecular formula is C30H38Cl2N6O4. The number of imidazole rings is 1. The summed E-state index contributed by atoms with van der Waals surface area (Å²) in [6.07, 6.45) is 5.93. The van der Waals surface area contributed by atoms with Crippen molar-refractivity contribution in [3.63, 3.8) is 0 Å². The molecule has 2 amide bonds. The Morgan fingerprint density at radius 2 is 1.88 bits per heavy atom. The number of nitrogens with zero attached hydrogens (tertiary/aromatic N) is 4. The van der Waals surface area contributed by atoms with Gasteiger partial charge in [0, 0.05) is 74.5 Å². The monoisotopic (exact) mass is 616 g/mol. The van der Waals surface area contributed by atoms with Gasteiger partial charge in [0.15, 0.2) is 0 Å². The molecule has 2 N–H and O–H groups in total. The van der Waals surface area contributed by atoms with Gasteiger partial charge in [-0.25, -0.2) is 9.78 Å². The third-order valence-electron chi connectivity index (χ3n) is 7.41. The molecule has 2 aliphatic rings. The maximum absolute atomic E-state index is 11.7. The fourth-order valence-electron chi connectivity index (χ4n) is 5.18. The van der Waals surface area contributed by atoms with Crippen LogP contribution in [-0.2, 0) is 21.8 Å². The molecule has 12 heteroatoms. The summed E-state index contributed by atoms with van der Waals surface area (Å²) in [6, 6.07) is 13.4. The number of rotatable bonds is 12. The topological polar surface area (TPSA) is 93.1 Å². The zero-order chi connectivity index (χ0) is 29.4. The number of carbonyl (C=O) groups excluding carboxylic acids is 1. The summed E-state index contributed by atoms with van der Waals surface area (Å²) in [4.78, 5) is 20.6. The van der Waals surface area contributed by atoms with Gasteiger partial charge in [0.05, 0.1) is 24.5 Å². The van der Waals surface area contributed by atoms with Gasteiger partial charge < -0.3 is 34.3 Å². The van der Waals surface area contributed by atoms with Crippen LogP contribution < -0.4 is 20.3 Å². The van der Waals surface area contributed by atoms with Gasteiger partial charge in [0.1, 0.15) is 18.5 Å². The Morgan fingerprint density at radius 1 is 1.10 bits per heavy atom. The first-order chi connectivity index (χ1) is 20.4. The quantitative estimate of drug-likeness (QED) is 0.312. The van der Waals surface area contributed by atoms with Crippen molar-refractivity contribution in [3.8, 4) is 5.75 Å². The Bertz CT molecular complexity index is 1290. The van der Waals surface area contributed by atoms with E-state index in [4.69, 9.17) is 37.4 Å². The number of hydrogen-bond donors (Lipinski definition) is 2. The lowest BCUT2D eigenvalue weighted by molar-refractivity contribution is -0.189. The number of hydrogen-bond acceptors (Lipinski definition) is 7. The van der Waals surface area contributed by atoms with Crippen LogP contribution in [0.15, 0.2) is 61.2 Å². The number of anilines is 1. The van der Waals surface area contributed by atoms with Crippen LogP contribution in [0.4, 0.5) is 10.5 Å². The molecule has 3 aromatic rings. The standard InChI is InChI=1S/C30H38Cl2N6O4/c1-2-9-34-29(39)35-11-13-36-14-16-38(17-15-36)24-4-6-25(7-5-24)40-19-26-20-41-30(42-26,21-37-12-10-33-22-37)27-8-3-23(31)18-28(27)32/h3-8,10,12,18,22,26H,2,9,11,13-17,19-21H2,1H3,(H2,34,35,39)/t26-,30-/m1/s1. The molecule has 0 spiro atoms. The highest BCUT2D eigenvalue weighted by Crippen LogP contribution is 2.40. The minimum atomic E-state index is -1.08. The van der Waals surface area contributed by atoms with Crippen LogP contribution in [0.25, 0.3) is 0 Å². The molecule has 0 radical (unpaired) electrons. The first-order valence-electron chi connectivity index (χ1n) is 14.4. The number of carbonyl (C=O) groups is 1. The second-order valence-corrected chi connectivity index (χ2v) is 11.3. The second kappa shape index (κ2) is 14.4. The van der Waals surface area contributed by atoms with E-state index in [9.17, 15) is 4.79 Å². The molecule has 226 valence electrons. The average molecular weight is 618 g/mol. The van der Waals surface area contributed by atoms with Gasteiger partial charge in [-0.05, 0) is 42.8 Å². The van der Waals surface area contributed by atoms with E-state index in [0.717, 1.165) is 50.6 Å². The summed E-state index contributed by atoms with van der Waals surface area (Å²) in [5.74, 6) is -0.315. The van der Waals surface area contributed by atoms with E-state index in [2.05, 4.69) is 37.6 Å². The summed E-state index contributed by atoms with van der Waals surface area (Å²) in [7, 11) is 0. The van der Waals surface area contributed by atoms with E-state index in [1.165, 1.54) is 0 Å². The molecule has 42 heavy (non-hydrogen) atoms. The summed E-state index contributed by atoms with van der Waals surface area (Å²) < 4.78 is 20.7. The van der Waals surface area contributed by atoms with Gasteiger partial charge in [-0.15, -0.1) is 0 Å². The number of urea groups is 1. The highest BCUT2D eigenvalue weighted by Gasteiger charge is 2.45. The zero-order valence-electron chi connectivity index (χ0n) is 23.8. The van der Waals surface area contributed by atoms with Crippen LogP contribution in [0.3, 0.4) is 0 Å². The third-order valence-corrected chi connectivity index (χ3v) is 7.96. The van der Waals surface area contributed by atoms with Crippen molar-refractivity contribution in [2.75, 3.05) is 63.9 Å². The minimum absolute atomic E-state index is 0.0930. The molecule has 3 heterocycles. The van der Waals surface area contributed by atoms with E-state index >= 15 is 0 Å². The molecule has 2 fully saturated rings. The molecule has 2 saturated heterocycles. The Labute approximate surface area is 256 Å². The Kier molecular flexibility index (Phi) is 10.5. The van der Waals surface area contributed by atoms with Gasteiger partial charge in [0.2, 0.25) is 5.79 Å². The number of ether oxygens (including phenoxy) is 3. The fourth-order valence-corrected chi connectivity index (χ4v) is 5.73. The first-order valence-corrected chi connectivity index (χ1v) is 15.1. The molecule has 2 atom stereocenters. The lowest BCUT2D eigenvalue weighted by atomic mass is 10.1. The van der Waals surface area contributed by atoms with Crippen molar-refractivity contribution in [1.82, 2.24) is 25.1 Å². The molecule has 2 aromatic carbocycles. The Morgan fingerprint density at radius 3 is 2.60 bits per heavy atom. The number of halogens is 2. The van der Waals surface area contributed by atoms with Crippen LogP contribution in [-0.4, -0.2) is 85.6 Å². The maximum Gasteiger partial charge on any atom is 0.314 e. The van der Waals surface area contributed by atoms with Crippen LogP contribution in [0.2, 0.25) is 10.0 Å². The van der Waals surface area contributed by atoms with E-state index < -0.39 is 5.79 Å². The number of piperazine rings is 1. The van der Waals surface area contributed by atoms with Gasteiger partial charge in [-0.1, -0.05) is 36.2 Å². The second-order valence-electron chi connectivity index (χ2n) is 10.5. The lowest BCUT2D eigenvalue weighted by Crippen LogP contribution is -2.49. The molecule has 1 aromatic heterocycles. The summed E-state index contributed by atoms with van der Waals surface area (Å²) in [6.45, 7) is 9.08. The molecule has 0 aliphatic carbocycles. The van der Waals surface area contributed by atoms with E-state index in [0.29, 0.717) is 48.5 Å². The molecule has 2 aliphatic heterocycles. The average Bonchev–Trinajstić information content (AvgIpc) is 3.66. The first kappa shape index (κ1) is 30.4. The highest BCUT2D eigenvalue weighted by molar-refractivity contribution is 6.35. The molecular weight excluding hydrogens is 579 g/mol. The van der Waals surface area contributed by atoms with Crippen molar-refractivity contribution >= 4 is 34.9 Å². The summed E-state index contributed by atoms with van der Waals surface area (Å²) in [5, 5.41) is 6.79. The molecule has 10 nitrogen and oxygen atoms in total. The number of benzene rings is 2. The number of nitrogens with one attached hydrogen (secondary N) is 2. The van der Waals surface area contributed by atoms with Crippen LogP contribution in [0.5, 0.6) is 5.75 Å². The highest BCUT2D eigenvalue weighted by atomic mass is 35.5. The van der Waals surface area contributed by atoms with E-state index in [-0.39, 0.29) is 12.1 Å². The molecule has 0 bridgehead atoms. The van der Waals surface area contributed by atoms with Gasteiger partial charge in [0.25, 0.3) is 0 Å². The van der Waals surface area contributed by atoms with Crippen LogP contribution >= 0.6 is 23.2 Å². The summed E-state index contributed by atoms with van der Waals surface area (Å²) in [5.41, 5.74) is 1.87. The van der Waals surface area contributed by atoms with Crippen LogP contribution in [0, 0.1) is 0 Å². The predicted molar refractivity (Wildman–Crippen MR) is 163 cm³/mol. The van der Waals surface area contributed by atoms with E-state index in [1.807, 2.05) is 35.9 Å². The zero-order valence-corrected chi connectivity index (χ0v) is 25.3. The van der Waals surface area contributed by atoms with Crippen molar-refractivity contribution in [2.45, 2.75) is 31.8 Å². The normalized spacial score (nSPS) is 20.9. The summed E-state index contributed by atoms with van der Waals surface area (Å²) >= 11 is 12.7. The predicted octanol–water partition coefficient (Wildman–Crippen LogP) is 4.37. The molecule has 5 rings (SSSR count). The van der Waals surface area contributed by atoms with Gasteiger partial charge in [-0.3, -0.25) is 4.90 Å². The van der Waals surface area contributed by atoms with Crippen LogP contribution in [0.1, 0.15) is 18.9 Å². The van der Waals surface area contributed by atoms with Crippen molar-refractivity contribution in [3.05, 3.63) is 76.8 Å². The smallest absolute Gasteiger partial charge is 0.314 e. The third kappa shape index (κ3) is 7.87.